The summed E-state index contributed by atoms with van der Waals surface area (Å²) in [6, 6.07) is 26.1. The van der Waals surface area contributed by atoms with Crippen LogP contribution in [0.2, 0.25) is 0 Å². The van der Waals surface area contributed by atoms with Gasteiger partial charge in [-0.2, -0.15) is 4.98 Å². The van der Waals surface area contributed by atoms with Gasteiger partial charge in [0.25, 0.3) is 5.89 Å². The van der Waals surface area contributed by atoms with Gasteiger partial charge in [-0.1, -0.05) is 84.9 Å². The molecule has 182 valence electrons. The standard InChI is InChI=1S/C29H28N4O2S/c1-4-20-14-16-21(17-15-20)26-25(28-31-27(32-35-28)22-10-6-5-7-11-22)19(2)33(29(36)30-26)18-23-12-8-9-13-24(23)34-3/h5-17,26H,4,18H2,1-3H3,(H,30,36). The van der Waals surface area contributed by atoms with E-state index >= 15 is 0 Å². The first kappa shape index (κ1) is 23.8. The minimum absolute atomic E-state index is 0.221. The number of para-hydroxylation sites is 1. The Labute approximate surface area is 216 Å². The van der Waals surface area contributed by atoms with E-state index in [1.54, 1.807) is 7.11 Å². The smallest absolute Gasteiger partial charge is 0.258 e. The molecule has 0 radical (unpaired) electrons. The Hall–Kier alpha value is -3.97. The Bertz CT molecular complexity index is 1400. The molecule has 1 aliphatic heterocycles. The van der Waals surface area contributed by atoms with Crippen LogP contribution in [0.4, 0.5) is 0 Å². The Morgan fingerprint density at radius 2 is 1.72 bits per heavy atom. The van der Waals surface area contributed by atoms with E-state index in [4.69, 9.17) is 26.5 Å². The van der Waals surface area contributed by atoms with Crippen molar-refractivity contribution in [2.24, 2.45) is 0 Å². The number of benzene rings is 3. The lowest BCUT2D eigenvalue weighted by molar-refractivity contribution is 0.387. The van der Waals surface area contributed by atoms with Gasteiger partial charge in [0.1, 0.15) is 5.75 Å². The van der Waals surface area contributed by atoms with Crippen LogP contribution >= 0.6 is 12.2 Å². The third-order valence-electron chi connectivity index (χ3n) is 6.53. The highest BCUT2D eigenvalue weighted by molar-refractivity contribution is 7.80. The molecule has 0 spiro atoms. The molecule has 0 fully saturated rings. The lowest BCUT2D eigenvalue weighted by Crippen LogP contribution is -2.45. The molecule has 7 heteroatoms. The second-order valence-corrected chi connectivity index (χ2v) is 9.05. The molecular weight excluding hydrogens is 468 g/mol. The van der Waals surface area contributed by atoms with Crippen molar-refractivity contribution < 1.29 is 9.26 Å². The fraction of sp³-hybridized carbons (Fsp3) is 0.207. The second-order valence-electron chi connectivity index (χ2n) is 8.66. The maximum absolute atomic E-state index is 5.87. The fourth-order valence-corrected chi connectivity index (χ4v) is 4.81. The highest BCUT2D eigenvalue weighted by Crippen LogP contribution is 2.38. The minimum Gasteiger partial charge on any atom is -0.496 e. The van der Waals surface area contributed by atoms with Gasteiger partial charge < -0.3 is 19.5 Å². The molecule has 1 unspecified atom stereocenters. The van der Waals surface area contributed by atoms with E-state index < -0.39 is 0 Å². The van der Waals surface area contributed by atoms with Crippen LogP contribution in [-0.2, 0) is 13.0 Å². The predicted molar refractivity (Wildman–Crippen MR) is 145 cm³/mol. The zero-order valence-corrected chi connectivity index (χ0v) is 21.4. The molecule has 0 amide bonds. The SMILES string of the molecule is CCc1ccc(C2NC(=S)N(Cc3ccccc3OC)C(C)=C2c2nc(-c3ccccc3)no2)cc1. The van der Waals surface area contributed by atoms with E-state index in [2.05, 4.69) is 53.5 Å². The van der Waals surface area contributed by atoms with Crippen LogP contribution in [0, 0.1) is 0 Å². The number of aromatic nitrogens is 2. The molecule has 0 aliphatic carbocycles. The number of allylic oxidation sites excluding steroid dienone is 1. The number of hydrogen-bond acceptors (Lipinski definition) is 5. The molecule has 0 saturated heterocycles. The minimum atomic E-state index is -0.221. The summed E-state index contributed by atoms with van der Waals surface area (Å²) in [5, 5.41) is 8.46. The molecule has 3 aromatic carbocycles. The van der Waals surface area contributed by atoms with E-state index in [1.807, 2.05) is 54.6 Å². The molecule has 0 bridgehead atoms. The third-order valence-corrected chi connectivity index (χ3v) is 6.87. The normalized spacial score (nSPS) is 15.7. The Kier molecular flexibility index (Phi) is 6.82. The van der Waals surface area contributed by atoms with Gasteiger partial charge in [-0.3, -0.25) is 0 Å². The summed E-state index contributed by atoms with van der Waals surface area (Å²) in [4.78, 5) is 6.86. The summed E-state index contributed by atoms with van der Waals surface area (Å²) in [7, 11) is 1.68. The van der Waals surface area contributed by atoms with Crippen LogP contribution in [0.15, 0.2) is 89.1 Å². The topological polar surface area (TPSA) is 63.4 Å². The van der Waals surface area contributed by atoms with Gasteiger partial charge in [0.05, 0.1) is 25.3 Å². The van der Waals surface area contributed by atoms with Gasteiger partial charge >= 0.3 is 0 Å². The number of methoxy groups -OCH3 is 1. The maximum atomic E-state index is 5.87. The summed E-state index contributed by atoms with van der Waals surface area (Å²) >= 11 is 5.87. The first-order valence-corrected chi connectivity index (χ1v) is 12.4. The molecule has 1 aromatic heterocycles. The number of ether oxygens (including phenoxy) is 1. The van der Waals surface area contributed by atoms with Gasteiger partial charge in [-0.05, 0) is 42.8 Å². The zero-order chi connectivity index (χ0) is 25.1. The molecule has 5 rings (SSSR count). The van der Waals surface area contributed by atoms with Crippen molar-refractivity contribution in [3.8, 4) is 17.1 Å². The van der Waals surface area contributed by atoms with Crippen LogP contribution in [0.1, 0.15) is 42.5 Å². The van der Waals surface area contributed by atoms with Crippen molar-refractivity contribution in [3.63, 3.8) is 0 Å². The quantitative estimate of drug-likeness (QED) is 0.307. The zero-order valence-electron chi connectivity index (χ0n) is 20.6. The monoisotopic (exact) mass is 496 g/mol. The molecule has 1 atom stereocenters. The summed E-state index contributed by atoms with van der Waals surface area (Å²) in [6.07, 6.45) is 0.981. The van der Waals surface area contributed by atoms with Crippen molar-refractivity contribution >= 4 is 22.9 Å². The van der Waals surface area contributed by atoms with Crippen LogP contribution in [0.3, 0.4) is 0 Å². The van der Waals surface area contributed by atoms with Crippen LogP contribution in [0.25, 0.3) is 17.0 Å². The van der Waals surface area contributed by atoms with E-state index in [0.29, 0.717) is 23.4 Å². The van der Waals surface area contributed by atoms with Gasteiger partial charge in [0.15, 0.2) is 5.11 Å². The largest absolute Gasteiger partial charge is 0.496 e. The van der Waals surface area contributed by atoms with E-state index in [-0.39, 0.29) is 6.04 Å². The Balaban J connectivity index is 1.60. The van der Waals surface area contributed by atoms with Crippen LogP contribution in [0.5, 0.6) is 5.75 Å². The lowest BCUT2D eigenvalue weighted by atomic mass is 9.93. The molecule has 6 nitrogen and oxygen atoms in total. The third kappa shape index (κ3) is 4.62. The maximum Gasteiger partial charge on any atom is 0.258 e. The molecule has 1 aliphatic rings. The predicted octanol–water partition coefficient (Wildman–Crippen LogP) is 6.17. The molecule has 2 heterocycles. The molecule has 0 saturated carbocycles. The first-order valence-electron chi connectivity index (χ1n) is 12.0. The van der Waals surface area contributed by atoms with Gasteiger partial charge in [-0.25, -0.2) is 0 Å². The van der Waals surface area contributed by atoms with Gasteiger partial charge in [0.2, 0.25) is 5.82 Å². The lowest BCUT2D eigenvalue weighted by Gasteiger charge is -2.37. The summed E-state index contributed by atoms with van der Waals surface area (Å²) in [6.45, 7) is 4.75. The summed E-state index contributed by atoms with van der Waals surface area (Å²) < 4.78 is 11.4. The number of nitrogens with zero attached hydrogens (tertiary/aromatic N) is 3. The van der Waals surface area contributed by atoms with Gasteiger partial charge in [-0.15, -0.1) is 0 Å². The number of thiocarbonyl (C=S) groups is 1. The molecule has 4 aromatic rings. The Morgan fingerprint density at radius 3 is 2.44 bits per heavy atom. The van der Waals surface area contributed by atoms with Crippen molar-refractivity contribution in [1.82, 2.24) is 20.4 Å². The van der Waals surface area contributed by atoms with Crippen molar-refractivity contribution in [2.45, 2.75) is 32.9 Å². The number of aryl methyl sites for hydroxylation is 1. The highest BCUT2D eigenvalue weighted by atomic mass is 32.1. The van der Waals surface area contributed by atoms with Gasteiger partial charge in [0, 0.05) is 16.8 Å². The van der Waals surface area contributed by atoms with Crippen LogP contribution < -0.4 is 10.1 Å². The average molecular weight is 497 g/mol. The fourth-order valence-electron chi connectivity index (χ4n) is 4.49. The molecular formula is C29H28N4O2S. The van der Waals surface area contributed by atoms with E-state index in [1.165, 1.54) is 5.56 Å². The average Bonchev–Trinajstić information content (AvgIpc) is 3.41. The number of hydrogen-bond donors (Lipinski definition) is 1. The van der Waals surface area contributed by atoms with Crippen molar-refractivity contribution in [2.75, 3.05) is 7.11 Å². The van der Waals surface area contributed by atoms with Crippen LogP contribution in [-0.4, -0.2) is 27.3 Å². The van der Waals surface area contributed by atoms with E-state index in [0.717, 1.165) is 40.1 Å². The first-order chi connectivity index (χ1) is 17.6. The molecule has 1 N–H and O–H groups in total. The summed E-state index contributed by atoms with van der Waals surface area (Å²) in [5.74, 6) is 1.84. The number of nitrogens with one attached hydrogen (secondary N) is 1. The van der Waals surface area contributed by atoms with Crippen molar-refractivity contribution in [3.05, 3.63) is 107 Å². The molecule has 36 heavy (non-hydrogen) atoms. The highest BCUT2D eigenvalue weighted by Gasteiger charge is 2.34. The number of rotatable bonds is 7. The Morgan fingerprint density at radius 1 is 1.00 bits per heavy atom. The van der Waals surface area contributed by atoms with E-state index in [9.17, 15) is 0 Å². The summed E-state index contributed by atoms with van der Waals surface area (Å²) in [5.41, 5.74) is 6.15. The second kappa shape index (κ2) is 10.3. The van der Waals surface area contributed by atoms with Crippen molar-refractivity contribution in [1.29, 1.82) is 0 Å².